The van der Waals surface area contributed by atoms with Crippen LogP contribution in [0, 0.1) is 5.82 Å². The summed E-state index contributed by atoms with van der Waals surface area (Å²) in [6, 6.07) is 21.2. The van der Waals surface area contributed by atoms with Crippen molar-refractivity contribution in [2.45, 2.75) is 19.3 Å². The summed E-state index contributed by atoms with van der Waals surface area (Å²) in [4.78, 5) is 14.4. The molecule has 1 atom stereocenters. The highest BCUT2D eigenvalue weighted by atomic mass is 19.1. The van der Waals surface area contributed by atoms with Gasteiger partial charge in [-0.15, -0.1) is 0 Å². The average Bonchev–Trinajstić information content (AvgIpc) is 2.81. The van der Waals surface area contributed by atoms with Crippen molar-refractivity contribution in [3.05, 3.63) is 95.3 Å². The van der Waals surface area contributed by atoms with E-state index in [1.807, 2.05) is 67.5 Å². The van der Waals surface area contributed by atoms with Gasteiger partial charge >= 0.3 is 6.03 Å². The first kappa shape index (κ1) is 24.2. The molecule has 33 heavy (non-hydrogen) atoms. The lowest BCUT2D eigenvalue weighted by Crippen LogP contribution is -2.36. The fourth-order valence-corrected chi connectivity index (χ4v) is 3.40. The van der Waals surface area contributed by atoms with Gasteiger partial charge in [-0.25, -0.2) is 9.18 Å². The minimum absolute atomic E-state index is 0.0750. The van der Waals surface area contributed by atoms with Crippen molar-refractivity contribution in [1.82, 2.24) is 10.2 Å². The summed E-state index contributed by atoms with van der Waals surface area (Å²) < 4.78 is 24.2. The van der Waals surface area contributed by atoms with Gasteiger partial charge in [0.25, 0.3) is 0 Å². The van der Waals surface area contributed by atoms with Crippen LogP contribution in [0.5, 0.6) is 5.75 Å². The molecule has 0 aliphatic rings. The molecule has 3 aromatic rings. The fraction of sp³-hybridized carbons (Fsp3) is 0.269. The summed E-state index contributed by atoms with van der Waals surface area (Å²) >= 11 is 0. The Bertz CT molecular complexity index is 1020. The highest BCUT2D eigenvalue weighted by Gasteiger charge is 2.15. The largest absolute Gasteiger partial charge is 0.497 e. The Hall–Kier alpha value is -3.42. The maximum absolute atomic E-state index is 13.2. The van der Waals surface area contributed by atoms with Gasteiger partial charge in [-0.05, 0) is 67.2 Å². The lowest BCUT2D eigenvalue weighted by atomic mass is 10.1. The molecule has 2 N–H and O–H groups in total. The van der Waals surface area contributed by atoms with Gasteiger partial charge in [0.2, 0.25) is 0 Å². The summed E-state index contributed by atoms with van der Waals surface area (Å²) in [6.07, 6.45) is 0. The molecule has 0 aliphatic heterocycles. The molecule has 0 spiro atoms. The molecule has 3 aromatic carbocycles. The minimum atomic E-state index is -0.305. The molecule has 0 saturated carbocycles. The Morgan fingerprint density at radius 3 is 2.33 bits per heavy atom. The molecule has 1 unspecified atom stereocenters. The summed E-state index contributed by atoms with van der Waals surface area (Å²) in [5.41, 5.74) is 3.62. The summed E-state index contributed by atoms with van der Waals surface area (Å²) in [6.45, 7) is 1.29. The van der Waals surface area contributed by atoms with E-state index in [-0.39, 0.29) is 17.9 Å². The van der Waals surface area contributed by atoms with Gasteiger partial charge in [-0.3, -0.25) is 0 Å². The number of halogens is 1. The topological polar surface area (TPSA) is 62.8 Å². The van der Waals surface area contributed by atoms with Crippen LogP contribution in [0.3, 0.4) is 0 Å². The van der Waals surface area contributed by atoms with Gasteiger partial charge in [0.15, 0.2) is 0 Å². The van der Waals surface area contributed by atoms with Crippen molar-refractivity contribution in [2.24, 2.45) is 0 Å². The molecule has 0 bridgehead atoms. The number of urea groups is 1. The second kappa shape index (κ2) is 12.0. The molecule has 0 aromatic heterocycles. The first-order chi connectivity index (χ1) is 15.9. The van der Waals surface area contributed by atoms with Crippen LogP contribution < -0.4 is 15.4 Å². The molecule has 174 valence electrons. The second-order valence-electron chi connectivity index (χ2n) is 7.91. The van der Waals surface area contributed by atoms with Crippen molar-refractivity contribution in [3.8, 4) is 5.75 Å². The number of carbonyl (C=O) groups is 1. The fourth-order valence-electron chi connectivity index (χ4n) is 3.40. The number of benzene rings is 3. The molecular weight excluding hydrogens is 421 g/mol. The molecule has 0 fully saturated rings. The molecule has 7 heteroatoms. The number of nitrogens with zero attached hydrogens (tertiary/aromatic N) is 1. The number of ether oxygens (including phenoxy) is 2. The molecule has 0 saturated heterocycles. The zero-order valence-electron chi connectivity index (χ0n) is 19.2. The third-order valence-corrected chi connectivity index (χ3v) is 5.22. The van der Waals surface area contributed by atoms with Crippen LogP contribution in [0.1, 0.15) is 22.7 Å². The van der Waals surface area contributed by atoms with E-state index in [1.165, 1.54) is 12.1 Å². The maximum atomic E-state index is 13.2. The summed E-state index contributed by atoms with van der Waals surface area (Å²) in [5, 5.41) is 5.75. The van der Waals surface area contributed by atoms with Crippen LogP contribution in [0.25, 0.3) is 0 Å². The number of rotatable bonds is 10. The Kier molecular flexibility index (Phi) is 8.80. The molecule has 0 radical (unpaired) electrons. The van der Waals surface area contributed by atoms with E-state index in [9.17, 15) is 9.18 Å². The monoisotopic (exact) mass is 451 g/mol. The van der Waals surface area contributed by atoms with Crippen molar-refractivity contribution >= 4 is 11.7 Å². The van der Waals surface area contributed by atoms with E-state index in [0.717, 1.165) is 22.4 Å². The first-order valence-electron chi connectivity index (χ1n) is 10.7. The zero-order chi connectivity index (χ0) is 23.6. The highest BCUT2D eigenvalue weighted by Crippen LogP contribution is 2.18. The van der Waals surface area contributed by atoms with Crippen molar-refractivity contribution in [3.63, 3.8) is 0 Å². The van der Waals surface area contributed by atoms with Crippen molar-refractivity contribution in [1.29, 1.82) is 0 Å². The van der Waals surface area contributed by atoms with Crippen LogP contribution >= 0.6 is 0 Å². The van der Waals surface area contributed by atoms with Gasteiger partial charge in [0.05, 0.1) is 26.4 Å². The van der Waals surface area contributed by atoms with Gasteiger partial charge in [0, 0.05) is 12.2 Å². The number of methoxy groups -OCH3 is 1. The molecule has 6 nitrogen and oxygen atoms in total. The SMILES string of the molecule is COc1ccc(COCc2cccc(NC(=O)NCC(c3ccc(F)cc3)N(C)C)c2)cc1. The number of amides is 2. The Morgan fingerprint density at radius 1 is 0.970 bits per heavy atom. The lowest BCUT2D eigenvalue weighted by Gasteiger charge is -2.25. The molecule has 2 amide bonds. The predicted molar refractivity (Wildman–Crippen MR) is 128 cm³/mol. The van der Waals surface area contributed by atoms with E-state index < -0.39 is 0 Å². The zero-order valence-corrected chi connectivity index (χ0v) is 19.2. The number of nitrogens with one attached hydrogen (secondary N) is 2. The summed E-state index contributed by atoms with van der Waals surface area (Å²) in [7, 11) is 5.48. The smallest absolute Gasteiger partial charge is 0.319 e. The van der Waals surface area contributed by atoms with E-state index in [4.69, 9.17) is 9.47 Å². The number of anilines is 1. The lowest BCUT2D eigenvalue weighted by molar-refractivity contribution is 0.107. The van der Waals surface area contributed by atoms with Gasteiger partial charge < -0.3 is 25.0 Å². The summed E-state index contributed by atoms with van der Waals surface area (Å²) in [5.74, 6) is 0.528. The standard InChI is InChI=1S/C26H30FN3O3/c1-30(2)25(21-9-11-22(27)12-10-21)16-28-26(31)29-23-6-4-5-20(15-23)18-33-17-19-7-13-24(32-3)14-8-19/h4-15,25H,16-18H2,1-3H3,(H2,28,29,31). The number of likely N-dealkylation sites (N-methyl/N-ethyl adjacent to an activating group) is 1. The third kappa shape index (κ3) is 7.59. The first-order valence-corrected chi connectivity index (χ1v) is 10.7. The van der Waals surface area contributed by atoms with Crippen LogP contribution in [-0.4, -0.2) is 38.7 Å². The van der Waals surface area contributed by atoms with Crippen molar-refractivity contribution < 1.29 is 18.7 Å². The Labute approximate surface area is 194 Å². The number of hydrogen-bond donors (Lipinski definition) is 2. The second-order valence-corrected chi connectivity index (χ2v) is 7.91. The quantitative estimate of drug-likeness (QED) is 0.457. The van der Waals surface area contributed by atoms with Gasteiger partial charge in [-0.2, -0.15) is 0 Å². The predicted octanol–water partition coefficient (Wildman–Crippen LogP) is 4.98. The minimum Gasteiger partial charge on any atom is -0.497 e. The maximum Gasteiger partial charge on any atom is 0.319 e. The molecular formula is C26H30FN3O3. The van der Waals surface area contributed by atoms with Crippen LogP contribution in [0.4, 0.5) is 14.9 Å². The van der Waals surface area contributed by atoms with E-state index in [2.05, 4.69) is 10.6 Å². The molecule has 3 rings (SSSR count). The van der Waals surface area contributed by atoms with Crippen LogP contribution in [0.2, 0.25) is 0 Å². The van der Waals surface area contributed by atoms with Crippen LogP contribution in [-0.2, 0) is 18.0 Å². The van der Waals surface area contributed by atoms with Gasteiger partial charge in [-0.1, -0.05) is 36.4 Å². The average molecular weight is 452 g/mol. The van der Waals surface area contributed by atoms with Crippen LogP contribution in [0.15, 0.2) is 72.8 Å². The Balaban J connectivity index is 1.49. The molecule has 0 heterocycles. The van der Waals surface area contributed by atoms with E-state index >= 15 is 0 Å². The number of carbonyl (C=O) groups excluding carboxylic acids is 1. The van der Waals surface area contributed by atoms with Crippen molar-refractivity contribution in [2.75, 3.05) is 33.1 Å². The highest BCUT2D eigenvalue weighted by molar-refractivity contribution is 5.89. The number of hydrogen-bond acceptors (Lipinski definition) is 4. The Morgan fingerprint density at radius 2 is 1.67 bits per heavy atom. The molecule has 0 aliphatic carbocycles. The van der Waals surface area contributed by atoms with E-state index in [0.29, 0.717) is 25.4 Å². The van der Waals surface area contributed by atoms with Gasteiger partial charge in [0.1, 0.15) is 11.6 Å². The third-order valence-electron chi connectivity index (χ3n) is 5.22. The van der Waals surface area contributed by atoms with E-state index in [1.54, 1.807) is 19.2 Å². The normalized spacial score (nSPS) is 11.8.